The average molecular weight is 289 g/mol. The van der Waals surface area contributed by atoms with Crippen molar-refractivity contribution in [2.75, 3.05) is 26.2 Å². The lowest BCUT2D eigenvalue weighted by atomic mass is 10.1. The molecular formula is C16H23N3O2. The lowest BCUT2D eigenvalue weighted by molar-refractivity contribution is -0.385. The summed E-state index contributed by atoms with van der Waals surface area (Å²) in [7, 11) is 0. The van der Waals surface area contributed by atoms with E-state index in [-0.39, 0.29) is 10.6 Å². The van der Waals surface area contributed by atoms with Crippen LogP contribution in [-0.4, -0.2) is 46.9 Å². The Balaban J connectivity index is 1.62. The van der Waals surface area contributed by atoms with E-state index in [9.17, 15) is 10.1 Å². The van der Waals surface area contributed by atoms with E-state index in [1.165, 1.54) is 32.4 Å². The Morgan fingerprint density at radius 2 is 2.05 bits per heavy atom. The van der Waals surface area contributed by atoms with Crippen LogP contribution in [0.3, 0.4) is 0 Å². The normalized spacial score (nSPS) is 23.8. The van der Waals surface area contributed by atoms with Crippen LogP contribution in [-0.2, 0) is 6.54 Å². The van der Waals surface area contributed by atoms with Crippen LogP contribution in [0.2, 0.25) is 0 Å². The Kier molecular flexibility index (Phi) is 4.22. The van der Waals surface area contributed by atoms with Crippen LogP contribution in [0.15, 0.2) is 18.2 Å². The van der Waals surface area contributed by atoms with Crippen LogP contribution < -0.4 is 0 Å². The summed E-state index contributed by atoms with van der Waals surface area (Å²) in [5.74, 6) is 0. The fraction of sp³-hybridized carbons (Fsp3) is 0.625. The molecule has 1 aromatic carbocycles. The summed E-state index contributed by atoms with van der Waals surface area (Å²) in [4.78, 5) is 15.8. The van der Waals surface area contributed by atoms with E-state index in [0.29, 0.717) is 6.04 Å². The summed E-state index contributed by atoms with van der Waals surface area (Å²) in [5.41, 5.74) is 2.03. The molecule has 0 aromatic heterocycles. The first-order valence-electron chi connectivity index (χ1n) is 7.84. The maximum atomic E-state index is 11.0. The zero-order valence-corrected chi connectivity index (χ0v) is 12.6. The minimum Gasteiger partial charge on any atom is -0.299 e. The number of aryl methyl sites for hydroxylation is 1. The van der Waals surface area contributed by atoms with Gasteiger partial charge in [-0.2, -0.15) is 0 Å². The standard InChI is InChI=1S/C16H23N3O2/c1-13-4-5-14(10-16(13)19(20)21)11-17-9-6-15(12-17)18-7-2-3-8-18/h4-5,10,15H,2-3,6-9,11-12H2,1H3/t15-/m1/s1. The number of rotatable bonds is 4. The van der Waals surface area contributed by atoms with Gasteiger partial charge in [0.25, 0.3) is 5.69 Å². The van der Waals surface area contributed by atoms with E-state index in [1.807, 2.05) is 12.1 Å². The second-order valence-corrected chi connectivity index (χ2v) is 6.30. The van der Waals surface area contributed by atoms with E-state index < -0.39 is 0 Å². The predicted molar refractivity (Wildman–Crippen MR) is 82.3 cm³/mol. The molecule has 5 heteroatoms. The van der Waals surface area contributed by atoms with Crippen molar-refractivity contribution in [2.24, 2.45) is 0 Å². The Bertz CT molecular complexity index is 526. The van der Waals surface area contributed by atoms with Crippen LogP contribution in [0.5, 0.6) is 0 Å². The molecule has 0 radical (unpaired) electrons. The zero-order valence-electron chi connectivity index (χ0n) is 12.6. The first-order chi connectivity index (χ1) is 10.1. The van der Waals surface area contributed by atoms with Gasteiger partial charge < -0.3 is 0 Å². The smallest absolute Gasteiger partial charge is 0.272 e. The highest BCUT2D eigenvalue weighted by molar-refractivity contribution is 5.42. The number of hydrogen-bond acceptors (Lipinski definition) is 4. The Morgan fingerprint density at radius 1 is 1.29 bits per heavy atom. The quantitative estimate of drug-likeness (QED) is 0.631. The number of benzene rings is 1. The molecule has 2 fully saturated rings. The Labute approximate surface area is 125 Å². The van der Waals surface area contributed by atoms with Crippen LogP contribution in [0.25, 0.3) is 0 Å². The first-order valence-corrected chi connectivity index (χ1v) is 7.84. The monoisotopic (exact) mass is 289 g/mol. The van der Waals surface area contributed by atoms with Crippen LogP contribution in [0.4, 0.5) is 5.69 Å². The molecule has 21 heavy (non-hydrogen) atoms. The van der Waals surface area contributed by atoms with Crippen molar-refractivity contribution >= 4 is 5.69 Å². The summed E-state index contributed by atoms with van der Waals surface area (Å²) >= 11 is 0. The number of nitrogens with zero attached hydrogens (tertiary/aromatic N) is 3. The highest BCUT2D eigenvalue weighted by Gasteiger charge is 2.29. The molecule has 3 rings (SSSR count). The molecule has 114 valence electrons. The van der Waals surface area contributed by atoms with Crippen LogP contribution in [0, 0.1) is 17.0 Å². The molecule has 0 bridgehead atoms. The molecule has 0 amide bonds. The Hall–Kier alpha value is -1.46. The van der Waals surface area contributed by atoms with Gasteiger partial charge in [0, 0.05) is 37.3 Å². The molecule has 2 saturated heterocycles. The van der Waals surface area contributed by atoms with Gasteiger partial charge in [-0.25, -0.2) is 0 Å². The molecule has 2 aliphatic heterocycles. The minimum absolute atomic E-state index is 0.239. The fourth-order valence-electron chi connectivity index (χ4n) is 3.57. The van der Waals surface area contributed by atoms with Crippen LogP contribution >= 0.6 is 0 Å². The van der Waals surface area contributed by atoms with Gasteiger partial charge >= 0.3 is 0 Å². The second-order valence-electron chi connectivity index (χ2n) is 6.30. The molecule has 1 atom stereocenters. The average Bonchev–Trinajstić information content (AvgIpc) is 3.11. The molecule has 0 spiro atoms. The van der Waals surface area contributed by atoms with Gasteiger partial charge in [-0.15, -0.1) is 0 Å². The molecule has 0 aliphatic carbocycles. The molecule has 2 aliphatic rings. The molecule has 0 unspecified atom stereocenters. The molecule has 0 saturated carbocycles. The highest BCUT2D eigenvalue weighted by atomic mass is 16.6. The first kappa shape index (κ1) is 14.5. The summed E-state index contributed by atoms with van der Waals surface area (Å²) in [6.07, 6.45) is 3.90. The van der Waals surface area contributed by atoms with E-state index in [1.54, 1.807) is 13.0 Å². The number of hydrogen-bond donors (Lipinski definition) is 0. The molecule has 1 aromatic rings. The van der Waals surface area contributed by atoms with Gasteiger partial charge in [-0.1, -0.05) is 12.1 Å². The summed E-state index contributed by atoms with van der Waals surface area (Å²) in [6.45, 7) is 7.31. The van der Waals surface area contributed by atoms with Crippen molar-refractivity contribution in [2.45, 2.75) is 38.8 Å². The van der Waals surface area contributed by atoms with E-state index in [2.05, 4.69) is 9.80 Å². The molecular weight excluding hydrogens is 266 g/mol. The van der Waals surface area contributed by atoms with Crippen molar-refractivity contribution in [1.29, 1.82) is 0 Å². The fourth-order valence-corrected chi connectivity index (χ4v) is 3.57. The van der Waals surface area contributed by atoms with Crippen molar-refractivity contribution in [3.63, 3.8) is 0 Å². The van der Waals surface area contributed by atoms with E-state index >= 15 is 0 Å². The minimum atomic E-state index is -0.282. The maximum Gasteiger partial charge on any atom is 0.272 e. The van der Waals surface area contributed by atoms with Crippen molar-refractivity contribution in [3.05, 3.63) is 39.4 Å². The lowest BCUT2D eigenvalue weighted by Crippen LogP contribution is -2.35. The predicted octanol–water partition coefficient (Wildman–Crippen LogP) is 2.57. The largest absolute Gasteiger partial charge is 0.299 e. The van der Waals surface area contributed by atoms with Crippen molar-refractivity contribution in [1.82, 2.24) is 9.80 Å². The van der Waals surface area contributed by atoms with Crippen molar-refractivity contribution in [3.8, 4) is 0 Å². The van der Waals surface area contributed by atoms with Gasteiger partial charge in [0.2, 0.25) is 0 Å². The number of likely N-dealkylation sites (tertiary alicyclic amines) is 2. The third-order valence-corrected chi connectivity index (χ3v) is 4.78. The van der Waals surface area contributed by atoms with Crippen LogP contribution in [0.1, 0.15) is 30.4 Å². The Morgan fingerprint density at radius 3 is 2.76 bits per heavy atom. The third kappa shape index (κ3) is 3.24. The molecule has 0 N–H and O–H groups in total. The SMILES string of the molecule is Cc1ccc(CN2CC[C@@H](N3CCCC3)C2)cc1[N+](=O)[O-]. The lowest BCUT2D eigenvalue weighted by Gasteiger charge is -2.23. The van der Waals surface area contributed by atoms with Gasteiger partial charge in [-0.3, -0.25) is 19.9 Å². The van der Waals surface area contributed by atoms with Crippen molar-refractivity contribution < 1.29 is 4.92 Å². The number of nitro groups is 1. The third-order valence-electron chi connectivity index (χ3n) is 4.78. The van der Waals surface area contributed by atoms with E-state index in [0.717, 1.165) is 30.8 Å². The van der Waals surface area contributed by atoms with Gasteiger partial charge in [-0.05, 0) is 44.8 Å². The summed E-state index contributed by atoms with van der Waals surface area (Å²) in [6, 6.07) is 6.30. The van der Waals surface area contributed by atoms with Gasteiger partial charge in [0.15, 0.2) is 0 Å². The van der Waals surface area contributed by atoms with E-state index in [4.69, 9.17) is 0 Å². The summed E-state index contributed by atoms with van der Waals surface area (Å²) in [5, 5.41) is 11.0. The molecule has 2 heterocycles. The zero-order chi connectivity index (χ0) is 14.8. The summed E-state index contributed by atoms with van der Waals surface area (Å²) < 4.78 is 0. The van der Waals surface area contributed by atoms with Gasteiger partial charge in [0.05, 0.1) is 4.92 Å². The topological polar surface area (TPSA) is 49.6 Å². The van der Waals surface area contributed by atoms with Gasteiger partial charge in [0.1, 0.15) is 0 Å². The second kappa shape index (κ2) is 6.12. The molecule has 5 nitrogen and oxygen atoms in total. The maximum absolute atomic E-state index is 11.0. The highest BCUT2D eigenvalue weighted by Crippen LogP contribution is 2.24. The number of nitro benzene ring substituents is 1.